The lowest BCUT2D eigenvalue weighted by molar-refractivity contribution is -0.0592. The normalized spacial score (nSPS) is 31.5. The number of nitrogens with zero attached hydrogens (tertiary/aromatic N) is 2. The molecule has 0 amide bonds. The molecule has 5 nitrogen and oxygen atoms in total. The molecule has 3 atom stereocenters. The van der Waals surface area contributed by atoms with Crippen LogP contribution in [0.2, 0.25) is 0 Å². The summed E-state index contributed by atoms with van der Waals surface area (Å²) < 4.78 is 17.3. The van der Waals surface area contributed by atoms with Crippen molar-refractivity contribution in [3.8, 4) is 0 Å². The molecule has 0 radical (unpaired) electrons. The van der Waals surface area contributed by atoms with Crippen molar-refractivity contribution < 1.29 is 14.0 Å². The van der Waals surface area contributed by atoms with Crippen molar-refractivity contribution in [3.63, 3.8) is 0 Å². The van der Waals surface area contributed by atoms with Crippen molar-refractivity contribution in [2.45, 2.75) is 58.2 Å². The fourth-order valence-corrected chi connectivity index (χ4v) is 4.07. The molecule has 0 N–H and O–H groups in total. The average molecular weight is 320 g/mol. The lowest BCUT2D eigenvalue weighted by atomic mass is 10.1. The smallest absolute Gasteiger partial charge is 0.138 e. The Morgan fingerprint density at radius 3 is 2.74 bits per heavy atom. The second kappa shape index (κ2) is 6.54. The molecule has 4 rings (SSSR count). The quantitative estimate of drug-likeness (QED) is 0.806. The largest absolute Gasteiger partial charge is 0.381 e. The van der Waals surface area contributed by atoms with E-state index in [0.717, 1.165) is 56.7 Å². The van der Waals surface area contributed by atoms with Gasteiger partial charge in [-0.25, -0.2) is 0 Å². The van der Waals surface area contributed by atoms with Crippen LogP contribution in [-0.2, 0) is 16.0 Å². The monoisotopic (exact) mass is 320 g/mol. The molecule has 5 heteroatoms. The first kappa shape index (κ1) is 15.6. The van der Waals surface area contributed by atoms with E-state index in [1.54, 1.807) is 0 Å². The number of rotatable bonds is 6. The molecule has 128 valence electrons. The van der Waals surface area contributed by atoms with Crippen LogP contribution in [0.5, 0.6) is 0 Å². The minimum atomic E-state index is 0.374. The summed E-state index contributed by atoms with van der Waals surface area (Å²) in [5, 5.41) is 4.09. The molecule has 1 aliphatic heterocycles. The van der Waals surface area contributed by atoms with Crippen molar-refractivity contribution in [1.29, 1.82) is 0 Å². The summed E-state index contributed by atoms with van der Waals surface area (Å²) in [7, 11) is 0. The summed E-state index contributed by atoms with van der Waals surface area (Å²) in [6, 6.07) is 0.520. The molecular formula is C18H28N2O3. The fraction of sp³-hybridized carbons (Fsp3) is 0.833. The molecule has 1 aromatic heterocycles. The number of morpholine rings is 1. The first-order chi connectivity index (χ1) is 11.2. The average Bonchev–Trinajstić information content (AvgIpc) is 3.18. The molecule has 0 aromatic carbocycles. The van der Waals surface area contributed by atoms with Gasteiger partial charge >= 0.3 is 0 Å². The molecule has 23 heavy (non-hydrogen) atoms. The Bertz CT molecular complexity index is 521. The van der Waals surface area contributed by atoms with E-state index >= 15 is 0 Å². The lowest BCUT2D eigenvalue weighted by Gasteiger charge is -2.37. The highest BCUT2D eigenvalue weighted by atomic mass is 16.5. The van der Waals surface area contributed by atoms with Crippen molar-refractivity contribution in [1.82, 2.24) is 10.1 Å². The van der Waals surface area contributed by atoms with E-state index in [0.29, 0.717) is 18.1 Å². The Morgan fingerprint density at radius 2 is 2.00 bits per heavy atom. The Labute approximate surface area is 138 Å². The minimum absolute atomic E-state index is 0.374. The number of hydrogen-bond donors (Lipinski definition) is 0. The summed E-state index contributed by atoms with van der Waals surface area (Å²) in [5.41, 5.74) is 2.27. The van der Waals surface area contributed by atoms with Crippen molar-refractivity contribution in [3.05, 3.63) is 17.0 Å². The van der Waals surface area contributed by atoms with Gasteiger partial charge in [-0.1, -0.05) is 5.16 Å². The van der Waals surface area contributed by atoms with Crippen LogP contribution < -0.4 is 0 Å². The van der Waals surface area contributed by atoms with E-state index in [1.807, 2.05) is 13.8 Å². The van der Waals surface area contributed by atoms with E-state index in [2.05, 4.69) is 10.1 Å². The number of fused-ring (bicyclic) bond motifs is 1. The Morgan fingerprint density at radius 1 is 1.17 bits per heavy atom. The molecule has 2 heterocycles. The van der Waals surface area contributed by atoms with Crippen LogP contribution in [0, 0.1) is 25.7 Å². The van der Waals surface area contributed by atoms with Crippen LogP contribution in [0.25, 0.3) is 0 Å². The molecule has 2 saturated carbocycles. The third-order valence-corrected chi connectivity index (χ3v) is 5.70. The van der Waals surface area contributed by atoms with Gasteiger partial charge in [0, 0.05) is 37.9 Å². The third-order valence-electron chi connectivity index (χ3n) is 5.70. The van der Waals surface area contributed by atoms with Gasteiger partial charge in [0.25, 0.3) is 0 Å². The van der Waals surface area contributed by atoms with E-state index < -0.39 is 0 Å². The molecule has 3 aliphatic rings. The zero-order valence-electron chi connectivity index (χ0n) is 14.3. The second-order valence-electron chi connectivity index (χ2n) is 7.57. The Kier molecular flexibility index (Phi) is 4.43. The van der Waals surface area contributed by atoms with Crippen LogP contribution >= 0.6 is 0 Å². The number of ether oxygens (including phenoxy) is 2. The lowest BCUT2D eigenvalue weighted by Crippen LogP contribution is -2.48. The van der Waals surface area contributed by atoms with Gasteiger partial charge in [0.15, 0.2) is 0 Å². The predicted octanol–water partition coefficient (Wildman–Crippen LogP) is 2.70. The molecule has 0 unspecified atom stereocenters. The first-order valence-corrected chi connectivity index (χ1v) is 9.06. The number of hydrogen-bond acceptors (Lipinski definition) is 5. The standard InChI is InChI=1S/C18H28N2O3/c1-12-16(13(2)23-19-12)9-20-5-6-22-18-8-15(7-17(18)20)11-21-10-14-3-4-14/h14-15,17-18H,3-11H2,1-2H3/t15-,17-,18+/m0/s1. The van der Waals surface area contributed by atoms with Crippen molar-refractivity contribution >= 4 is 0 Å². The second-order valence-corrected chi connectivity index (χ2v) is 7.57. The molecule has 3 fully saturated rings. The van der Waals surface area contributed by atoms with Gasteiger partial charge in [-0.3, -0.25) is 4.90 Å². The van der Waals surface area contributed by atoms with Crippen LogP contribution in [0.4, 0.5) is 0 Å². The van der Waals surface area contributed by atoms with Gasteiger partial charge in [-0.2, -0.15) is 0 Å². The summed E-state index contributed by atoms with van der Waals surface area (Å²) in [6.45, 7) is 8.69. The zero-order valence-corrected chi connectivity index (χ0v) is 14.3. The topological polar surface area (TPSA) is 47.7 Å². The van der Waals surface area contributed by atoms with Crippen LogP contribution in [0.15, 0.2) is 4.52 Å². The van der Waals surface area contributed by atoms with Crippen LogP contribution in [0.3, 0.4) is 0 Å². The maximum Gasteiger partial charge on any atom is 0.138 e. The van der Waals surface area contributed by atoms with Gasteiger partial charge in [0.05, 0.1) is 18.4 Å². The third kappa shape index (κ3) is 3.47. The number of aromatic nitrogens is 1. The molecule has 2 aliphatic carbocycles. The summed E-state index contributed by atoms with van der Waals surface area (Å²) in [4.78, 5) is 2.57. The van der Waals surface area contributed by atoms with Gasteiger partial charge in [-0.05, 0) is 51.4 Å². The fourth-order valence-electron chi connectivity index (χ4n) is 4.07. The predicted molar refractivity (Wildman–Crippen MR) is 86.2 cm³/mol. The molecule has 0 spiro atoms. The molecule has 1 saturated heterocycles. The summed E-state index contributed by atoms with van der Waals surface area (Å²) in [6.07, 6.45) is 5.44. The summed E-state index contributed by atoms with van der Waals surface area (Å²) in [5.74, 6) is 2.45. The van der Waals surface area contributed by atoms with E-state index in [4.69, 9.17) is 14.0 Å². The van der Waals surface area contributed by atoms with Crippen molar-refractivity contribution in [2.75, 3.05) is 26.4 Å². The van der Waals surface area contributed by atoms with Gasteiger partial charge in [0.2, 0.25) is 0 Å². The highest BCUT2D eigenvalue weighted by Gasteiger charge is 2.41. The minimum Gasteiger partial charge on any atom is -0.381 e. The maximum absolute atomic E-state index is 6.05. The highest BCUT2D eigenvalue weighted by Crippen LogP contribution is 2.36. The number of aryl methyl sites for hydroxylation is 2. The summed E-state index contributed by atoms with van der Waals surface area (Å²) >= 11 is 0. The molecule has 0 bridgehead atoms. The van der Waals surface area contributed by atoms with Gasteiger partial charge in [0.1, 0.15) is 5.76 Å². The SMILES string of the molecule is Cc1noc(C)c1CN1CCO[C@@H]2C[C@@H](COCC3CC3)C[C@@H]21. The van der Waals surface area contributed by atoms with E-state index in [9.17, 15) is 0 Å². The van der Waals surface area contributed by atoms with E-state index in [1.165, 1.54) is 24.8 Å². The van der Waals surface area contributed by atoms with Gasteiger partial charge in [-0.15, -0.1) is 0 Å². The highest BCUT2D eigenvalue weighted by molar-refractivity contribution is 5.21. The van der Waals surface area contributed by atoms with Crippen molar-refractivity contribution in [2.24, 2.45) is 11.8 Å². The maximum atomic E-state index is 6.05. The van der Waals surface area contributed by atoms with Crippen LogP contribution in [-0.4, -0.2) is 48.6 Å². The van der Waals surface area contributed by atoms with Crippen LogP contribution in [0.1, 0.15) is 42.7 Å². The first-order valence-electron chi connectivity index (χ1n) is 9.06. The van der Waals surface area contributed by atoms with E-state index in [-0.39, 0.29) is 0 Å². The molecule has 1 aromatic rings. The Hall–Kier alpha value is -0.910. The zero-order chi connectivity index (χ0) is 15.8. The Balaban J connectivity index is 1.35. The molecular weight excluding hydrogens is 292 g/mol. The van der Waals surface area contributed by atoms with Gasteiger partial charge < -0.3 is 14.0 Å².